The molecule has 0 spiro atoms. The monoisotopic (exact) mass is 352 g/mol. The Hall–Kier alpha value is -1.62. The maximum absolute atomic E-state index is 11.9. The van der Waals surface area contributed by atoms with Crippen molar-refractivity contribution in [2.75, 3.05) is 6.61 Å². The Labute approximate surface area is 131 Å². The summed E-state index contributed by atoms with van der Waals surface area (Å²) in [5, 5.41) is 0.682. The minimum atomic E-state index is -0.664. The highest BCUT2D eigenvalue weighted by atomic mass is 79.9. The third-order valence-corrected chi connectivity index (χ3v) is 3.64. The molecule has 0 atom stereocenters. The first-order chi connectivity index (χ1) is 10.1. The van der Waals surface area contributed by atoms with Crippen LogP contribution in [0.5, 0.6) is 0 Å². The van der Waals surface area contributed by atoms with Gasteiger partial charge in [0.15, 0.2) is 0 Å². The summed E-state index contributed by atoms with van der Waals surface area (Å²) in [6.07, 6.45) is 4.06. The normalized spacial score (nSPS) is 10.8. The van der Waals surface area contributed by atoms with Crippen LogP contribution in [0, 0.1) is 0 Å². The van der Waals surface area contributed by atoms with Crippen LogP contribution in [0.1, 0.15) is 43.0 Å². The average molecular weight is 353 g/mol. The molecule has 4 nitrogen and oxygen atoms in total. The number of halogens is 1. The smallest absolute Gasteiger partial charge is 0.351 e. The lowest BCUT2D eigenvalue weighted by Gasteiger charge is -2.05. The van der Waals surface area contributed by atoms with Crippen LogP contribution in [0.3, 0.4) is 0 Å². The average Bonchev–Trinajstić information content (AvgIpc) is 2.46. The van der Waals surface area contributed by atoms with Crippen LogP contribution in [-0.2, 0) is 4.74 Å². The summed E-state index contributed by atoms with van der Waals surface area (Å²) in [5.41, 5.74) is -0.276. The fourth-order valence-electron chi connectivity index (χ4n) is 2.01. The molecule has 0 saturated carbocycles. The van der Waals surface area contributed by atoms with Crippen molar-refractivity contribution < 1.29 is 13.9 Å². The van der Waals surface area contributed by atoms with Crippen molar-refractivity contribution in [3.8, 4) is 0 Å². The van der Waals surface area contributed by atoms with Crippen molar-refractivity contribution >= 4 is 32.9 Å². The Kier molecular flexibility index (Phi) is 5.56. The first-order valence-electron chi connectivity index (χ1n) is 7.02. The molecular formula is C16H17BrO4. The van der Waals surface area contributed by atoms with Crippen molar-refractivity contribution in [1.29, 1.82) is 0 Å². The van der Waals surface area contributed by atoms with Gasteiger partial charge < -0.3 is 9.15 Å². The van der Waals surface area contributed by atoms with Crippen molar-refractivity contribution in [2.24, 2.45) is 0 Å². The number of hydrogen-bond acceptors (Lipinski definition) is 4. The van der Waals surface area contributed by atoms with E-state index in [1.807, 2.05) is 0 Å². The molecule has 0 fully saturated rings. The summed E-state index contributed by atoms with van der Waals surface area (Å²) >= 11 is 3.34. The molecule has 112 valence electrons. The van der Waals surface area contributed by atoms with Crippen molar-refractivity contribution in [3.05, 3.63) is 44.7 Å². The number of esters is 1. The standard InChI is InChI=1S/C16H17BrO4/c1-2-3-4-5-8-20-15(18)13-10-11-9-12(17)6-7-14(11)21-16(13)19/h6-7,9-10H,2-5,8H2,1H3. The maximum atomic E-state index is 11.9. The molecule has 5 heteroatoms. The molecule has 0 aliphatic carbocycles. The van der Waals surface area contributed by atoms with E-state index in [1.54, 1.807) is 18.2 Å². The molecule has 1 heterocycles. The molecule has 2 aromatic rings. The number of carbonyl (C=O) groups excluding carboxylic acids is 1. The van der Waals surface area contributed by atoms with Crippen LogP contribution in [0.25, 0.3) is 11.0 Å². The third-order valence-electron chi connectivity index (χ3n) is 3.15. The zero-order valence-corrected chi connectivity index (χ0v) is 13.4. The number of hydrogen-bond donors (Lipinski definition) is 0. The van der Waals surface area contributed by atoms with Gasteiger partial charge in [0.25, 0.3) is 0 Å². The van der Waals surface area contributed by atoms with E-state index >= 15 is 0 Å². The molecule has 0 N–H and O–H groups in total. The molecule has 0 aliphatic heterocycles. The van der Waals surface area contributed by atoms with Crippen LogP contribution in [0.4, 0.5) is 0 Å². The van der Waals surface area contributed by atoms with E-state index in [0.29, 0.717) is 17.6 Å². The molecule has 0 unspecified atom stereocenters. The molecule has 0 aliphatic rings. The second-order valence-electron chi connectivity index (χ2n) is 4.83. The Balaban J connectivity index is 2.11. The number of rotatable bonds is 6. The van der Waals surface area contributed by atoms with Gasteiger partial charge in [-0.1, -0.05) is 42.1 Å². The highest BCUT2D eigenvalue weighted by molar-refractivity contribution is 9.10. The van der Waals surface area contributed by atoms with Gasteiger partial charge in [-0.05, 0) is 30.7 Å². The van der Waals surface area contributed by atoms with Crippen molar-refractivity contribution in [1.82, 2.24) is 0 Å². The fourth-order valence-corrected chi connectivity index (χ4v) is 2.39. The van der Waals surface area contributed by atoms with E-state index in [-0.39, 0.29) is 5.56 Å². The van der Waals surface area contributed by atoms with Gasteiger partial charge in [0.2, 0.25) is 0 Å². The molecule has 0 bridgehead atoms. The summed E-state index contributed by atoms with van der Waals surface area (Å²) in [6.45, 7) is 2.44. The lowest BCUT2D eigenvalue weighted by atomic mass is 10.2. The Bertz CT molecular complexity index is 690. The van der Waals surface area contributed by atoms with E-state index in [0.717, 1.165) is 30.2 Å². The van der Waals surface area contributed by atoms with Gasteiger partial charge in [0.1, 0.15) is 11.1 Å². The molecular weight excluding hydrogens is 336 g/mol. The topological polar surface area (TPSA) is 56.5 Å². The molecule has 21 heavy (non-hydrogen) atoms. The van der Waals surface area contributed by atoms with Crippen molar-refractivity contribution in [3.63, 3.8) is 0 Å². The van der Waals surface area contributed by atoms with Gasteiger partial charge in [0.05, 0.1) is 6.61 Å². The van der Waals surface area contributed by atoms with Crippen LogP contribution < -0.4 is 5.63 Å². The van der Waals surface area contributed by atoms with E-state index in [9.17, 15) is 9.59 Å². The summed E-state index contributed by atoms with van der Waals surface area (Å²) in [5.74, 6) is -0.623. The number of benzene rings is 1. The van der Waals surface area contributed by atoms with E-state index in [2.05, 4.69) is 22.9 Å². The first kappa shape index (κ1) is 15.8. The zero-order chi connectivity index (χ0) is 15.2. The van der Waals surface area contributed by atoms with Crippen LogP contribution in [-0.4, -0.2) is 12.6 Å². The predicted molar refractivity (Wildman–Crippen MR) is 84.6 cm³/mol. The molecule has 0 saturated heterocycles. The van der Waals surface area contributed by atoms with E-state index in [4.69, 9.17) is 9.15 Å². The minimum Gasteiger partial charge on any atom is -0.462 e. The summed E-state index contributed by atoms with van der Waals surface area (Å²) in [4.78, 5) is 23.7. The SMILES string of the molecule is CCCCCCOC(=O)c1cc2cc(Br)ccc2oc1=O. The lowest BCUT2D eigenvalue weighted by molar-refractivity contribution is 0.0493. The third kappa shape index (κ3) is 4.17. The Morgan fingerprint density at radius 2 is 2.05 bits per heavy atom. The predicted octanol–water partition coefficient (Wildman–Crippen LogP) is 4.29. The Morgan fingerprint density at radius 3 is 2.81 bits per heavy atom. The van der Waals surface area contributed by atoms with Crippen LogP contribution in [0.15, 0.2) is 37.9 Å². The second kappa shape index (κ2) is 7.41. The maximum Gasteiger partial charge on any atom is 0.351 e. The van der Waals surface area contributed by atoms with Gasteiger partial charge in [-0.25, -0.2) is 9.59 Å². The molecule has 0 amide bonds. The summed E-state index contributed by atoms with van der Waals surface area (Å²) in [6, 6.07) is 6.76. The quantitative estimate of drug-likeness (QED) is 0.442. The highest BCUT2D eigenvalue weighted by Crippen LogP contribution is 2.19. The first-order valence-corrected chi connectivity index (χ1v) is 7.81. The highest BCUT2D eigenvalue weighted by Gasteiger charge is 2.15. The number of carbonyl (C=O) groups is 1. The lowest BCUT2D eigenvalue weighted by Crippen LogP contribution is -2.17. The van der Waals surface area contributed by atoms with E-state index < -0.39 is 11.6 Å². The van der Waals surface area contributed by atoms with Crippen molar-refractivity contribution in [2.45, 2.75) is 32.6 Å². The number of ether oxygens (including phenoxy) is 1. The Morgan fingerprint density at radius 1 is 1.24 bits per heavy atom. The van der Waals surface area contributed by atoms with Gasteiger partial charge in [0, 0.05) is 9.86 Å². The largest absolute Gasteiger partial charge is 0.462 e. The number of fused-ring (bicyclic) bond motifs is 1. The molecule has 0 radical (unpaired) electrons. The second-order valence-corrected chi connectivity index (χ2v) is 5.74. The summed E-state index contributed by atoms with van der Waals surface area (Å²) in [7, 11) is 0. The fraction of sp³-hybridized carbons (Fsp3) is 0.375. The number of unbranched alkanes of at least 4 members (excludes halogenated alkanes) is 3. The van der Waals surface area contributed by atoms with Gasteiger partial charge in [-0.15, -0.1) is 0 Å². The van der Waals surface area contributed by atoms with Crippen LogP contribution in [0.2, 0.25) is 0 Å². The summed E-state index contributed by atoms with van der Waals surface area (Å²) < 4.78 is 11.1. The molecule has 1 aromatic heterocycles. The zero-order valence-electron chi connectivity index (χ0n) is 11.9. The van der Waals surface area contributed by atoms with Crippen LogP contribution >= 0.6 is 15.9 Å². The van der Waals surface area contributed by atoms with Gasteiger partial charge in [-0.2, -0.15) is 0 Å². The van der Waals surface area contributed by atoms with E-state index in [1.165, 1.54) is 6.07 Å². The molecule has 2 rings (SSSR count). The molecule has 1 aromatic carbocycles. The van der Waals surface area contributed by atoms with Gasteiger partial charge >= 0.3 is 11.6 Å². The van der Waals surface area contributed by atoms with Gasteiger partial charge in [-0.3, -0.25) is 0 Å². The minimum absolute atomic E-state index is 0.0592.